The Morgan fingerprint density at radius 3 is 1.57 bits per heavy atom. The monoisotopic (exact) mass is 390 g/mol. The third-order valence-corrected chi connectivity index (χ3v) is 5.62. The molecule has 3 nitrogen and oxygen atoms in total. The molecule has 0 amide bonds. The van der Waals surface area contributed by atoms with E-state index in [0.29, 0.717) is 17.5 Å². The smallest absolute Gasteiger partial charge is 0.166 e. The fourth-order valence-electron chi connectivity index (χ4n) is 3.70. The third kappa shape index (κ3) is 10.7. The van der Waals surface area contributed by atoms with Crippen molar-refractivity contribution in [3.8, 4) is 11.5 Å². The van der Waals surface area contributed by atoms with Crippen LogP contribution in [0.3, 0.4) is 0 Å². The Balaban J connectivity index is 1.94. The number of hydrogen-bond donors (Lipinski definition) is 2. The fourth-order valence-corrected chi connectivity index (χ4v) is 3.70. The number of benzene rings is 1. The lowest BCUT2D eigenvalue weighted by molar-refractivity contribution is 0.0976. The molecule has 0 fully saturated rings. The number of aryl methyl sites for hydroxylation is 1. The van der Waals surface area contributed by atoms with E-state index in [1.165, 1.54) is 89.5 Å². The van der Waals surface area contributed by atoms with Crippen molar-refractivity contribution in [1.82, 2.24) is 0 Å². The van der Waals surface area contributed by atoms with E-state index in [-0.39, 0.29) is 17.3 Å². The molecule has 0 aromatic heterocycles. The summed E-state index contributed by atoms with van der Waals surface area (Å²) in [5.74, 6) is -0.120. The van der Waals surface area contributed by atoms with Gasteiger partial charge in [-0.15, -0.1) is 0 Å². The molecule has 0 spiro atoms. The largest absolute Gasteiger partial charge is 0.508 e. The van der Waals surface area contributed by atoms with Crippen LogP contribution in [0.2, 0.25) is 0 Å². The molecule has 1 aromatic carbocycles. The molecule has 0 saturated heterocycles. The third-order valence-electron chi connectivity index (χ3n) is 5.62. The van der Waals surface area contributed by atoms with Crippen molar-refractivity contribution >= 4 is 5.78 Å². The van der Waals surface area contributed by atoms with Gasteiger partial charge in [-0.3, -0.25) is 4.79 Å². The van der Waals surface area contributed by atoms with Gasteiger partial charge in [-0.1, -0.05) is 96.8 Å². The van der Waals surface area contributed by atoms with Gasteiger partial charge in [-0.25, -0.2) is 0 Å². The Kier molecular flexibility index (Phi) is 13.5. The lowest BCUT2D eigenvalue weighted by Crippen LogP contribution is -2.00. The zero-order valence-corrected chi connectivity index (χ0v) is 18.3. The average Bonchev–Trinajstić information content (AvgIpc) is 2.67. The van der Waals surface area contributed by atoms with E-state index in [0.717, 1.165) is 12.8 Å². The standard InChI is InChI=1S/C25H42O3/c1-3-4-5-6-7-8-9-10-11-12-13-14-15-16-17-18-23(26)22-19-21(2)24(27)20-25(22)28/h19-20,27-28H,3-18H2,1-2H3. The Morgan fingerprint density at radius 1 is 0.679 bits per heavy atom. The normalized spacial score (nSPS) is 11.1. The summed E-state index contributed by atoms with van der Waals surface area (Å²) in [6.45, 7) is 4.00. The predicted molar refractivity (Wildman–Crippen MR) is 118 cm³/mol. The minimum Gasteiger partial charge on any atom is -0.508 e. The van der Waals surface area contributed by atoms with E-state index in [1.54, 1.807) is 13.0 Å². The van der Waals surface area contributed by atoms with Gasteiger partial charge in [0.25, 0.3) is 0 Å². The number of rotatable bonds is 17. The van der Waals surface area contributed by atoms with Gasteiger partial charge >= 0.3 is 0 Å². The first kappa shape index (κ1) is 24.5. The molecule has 0 aliphatic rings. The van der Waals surface area contributed by atoms with Gasteiger partial charge < -0.3 is 10.2 Å². The summed E-state index contributed by atoms with van der Waals surface area (Å²) in [7, 11) is 0. The van der Waals surface area contributed by atoms with E-state index in [9.17, 15) is 15.0 Å². The second-order valence-electron chi connectivity index (χ2n) is 8.28. The molecule has 0 radical (unpaired) electrons. The first-order valence-electron chi connectivity index (χ1n) is 11.6. The highest BCUT2D eigenvalue weighted by molar-refractivity contribution is 5.99. The number of Topliss-reactive ketones (excluding diaryl/α,β-unsaturated/α-hetero) is 1. The van der Waals surface area contributed by atoms with Crippen LogP contribution in [-0.4, -0.2) is 16.0 Å². The minimum absolute atomic E-state index is 0.0287. The van der Waals surface area contributed by atoms with Gasteiger partial charge in [0.2, 0.25) is 0 Å². The highest BCUT2D eigenvalue weighted by Crippen LogP contribution is 2.28. The summed E-state index contributed by atoms with van der Waals surface area (Å²) in [4.78, 5) is 12.2. The Labute approximate surface area is 172 Å². The van der Waals surface area contributed by atoms with Crippen LogP contribution < -0.4 is 0 Å². The number of ketones is 1. The maximum atomic E-state index is 12.2. The van der Waals surface area contributed by atoms with E-state index in [4.69, 9.17) is 0 Å². The summed E-state index contributed by atoms with van der Waals surface area (Å²) in [6, 6.07) is 2.84. The number of carbonyl (C=O) groups excluding carboxylic acids is 1. The Morgan fingerprint density at radius 2 is 1.11 bits per heavy atom. The number of phenols is 2. The molecule has 0 saturated carbocycles. The van der Waals surface area contributed by atoms with Gasteiger partial charge in [0.15, 0.2) is 5.78 Å². The zero-order valence-electron chi connectivity index (χ0n) is 18.3. The van der Waals surface area contributed by atoms with Crippen LogP contribution in [0.1, 0.15) is 126 Å². The molecule has 1 aromatic rings. The van der Waals surface area contributed by atoms with Gasteiger partial charge in [0.1, 0.15) is 11.5 Å². The predicted octanol–water partition coefficient (Wildman–Crippen LogP) is 7.85. The minimum atomic E-state index is -0.117. The number of carbonyl (C=O) groups is 1. The summed E-state index contributed by atoms with van der Waals surface area (Å²) >= 11 is 0. The molecule has 2 N–H and O–H groups in total. The van der Waals surface area contributed by atoms with Gasteiger partial charge in [-0.2, -0.15) is 0 Å². The van der Waals surface area contributed by atoms with Crippen LogP contribution in [0.25, 0.3) is 0 Å². The quantitative estimate of drug-likeness (QED) is 0.210. The highest BCUT2D eigenvalue weighted by atomic mass is 16.3. The lowest BCUT2D eigenvalue weighted by Gasteiger charge is -2.07. The molecule has 0 aliphatic carbocycles. The summed E-state index contributed by atoms with van der Waals surface area (Å²) < 4.78 is 0. The van der Waals surface area contributed by atoms with Crippen LogP contribution >= 0.6 is 0 Å². The molecule has 28 heavy (non-hydrogen) atoms. The van der Waals surface area contributed by atoms with Crippen LogP contribution in [0.15, 0.2) is 12.1 Å². The first-order chi connectivity index (χ1) is 13.6. The van der Waals surface area contributed by atoms with Gasteiger partial charge in [-0.05, 0) is 25.0 Å². The van der Waals surface area contributed by atoms with Crippen molar-refractivity contribution < 1.29 is 15.0 Å². The molecule has 0 atom stereocenters. The van der Waals surface area contributed by atoms with Crippen molar-refractivity contribution in [3.63, 3.8) is 0 Å². The molecule has 0 aliphatic heterocycles. The summed E-state index contributed by atoms with van der Waals surface area (Å²) in [5.41, 5.74) is 0.957. The van der Waals surface area contributed by atoms with Crippen LogP contribution in [0, 0.1) is 6.92 Å². The number of phenolic OH excluding ortho intramolecular Hbond substituents is 2. The van der Waals surface area contributed by atoms with Crippen LogP contribution in [0.4, 0.5) is 0 Å². The SMILES string of the molecule is CCCCCCCCCCCCCCCCCC(=O)c1cc(C)c(O)cc1O. The lowest BCUT2D eigenvalue weighted by atomic mass is 10.00. The molecule has 0 unspecified atom stereocenters. The van der Waals surface area contributed by atoms with Crippen molar-refractivity contribution in [1.29, 1.82) is 0 Å². The molecular weight excluding hydrogens is 348 g/mol. The number of unbranched alkanes of at least 4 members (excludes halogenated alkanes) is 14. The first-order valence-corrected chi connectivity index (χ1v) is 11.6. The maximum Gasteiger partial charge on any atom is 0.166 e. The van der Waals surface area contributed by atoms with Crippen LogP contribution in [0.5, 0.6) is 11.5 Å². The highest BCUT2D eigenvalue weighted by Gasteiger charge is 2.13. The van der Waals surface area contributed by atoms with E-state index < -0.39 is 0 Å². The van der Waals surface area contributed by atoms with Crippen LogP contribution in [-0.2, 0) is 0 Å². The van der Waals surface area contributed by atoms with E-state index >= 15 is 0 Å². The maximum absolute atomic E-state index is 12.2. The molecule has 160 valence electrons. The topological polar surface area (TPSA) is 57.5 Å². The number of hydrogen-bond acceptors (Lipinski definition) is 3. The zero-order chi connectivity index (χ0) is 20.6. The summed E-state index contributed by atoms with van der Waals surface area (Å²) in [5, 5.41) is 19.4. The molecular formula is C25H42O3. The molecule has 1 rings (SSSR count). The molecule has 3 heteroatoms. The molecule has 0 bridgehead atoms. The van der Waals surface area contributed by atoms with Crippen molar-refractivity contribution in [3.05, 3.63) is 23.3 Å². The van der Waals surface area contributed by atoms with E-state index in [2.05, 4.69) is 6.92 Å². The average molecular weight is 391 g/mol. The van der Waals surface area contributed by atoms with Crippen molar-refractivity contribution in [2.75, 3.05) is 0 Å². The summed E-state index contributed by atoms with van der Waals surface area (Å²) in [6.07, 6.45) is 20.0. The van der Waals surface area contributed by atoms with E-state index in [1.807, 2.05) is 0 Å². The van der Waals surface area contributed by atoms with Crippen molar-refractivity contribution in [2.24, 2.45) is 0 Å². The Hall–Kier alpha value is -1.51. The second-order valence-corrected chi connectivity index (χ2v) is 8.28. The Bertz CT molecular complexity index is 551. The van der Waals surface area contributed by atoms with Gasteiger partial charge in [0.05, 0.1) is 5.56 Å². The number of aromatic hydroxyl groups is 2. The second kappa shape index (κ2) is 15.4. The molecule has 0 heterocycles. The van der Waals surface area contributed by atoms with Crippen molar-refractivity contribution in [2.45, 2.75) is 117 Å². The fraction of sp³-hybridized carbons (Fsp3) is 0.720. The van der Waals surface area contributed by atoms with Gasteiger partial charge in [0, 0.05) is 12.5 Å².